The number of carbonyl (C=O) groups excluding carboxylic acids is 2. The Kier molecular flexibility index (Phi) is 6.93. The molecular formula is C26H28N4O3S2. The highest BCUT2D eigenvalue weighted by Gasteiger charge is 2.32. The van der Waals surface area contributed by atoms with E-state index in [1.54, 1.807) is 17.9 Å². The number of hydrogen-bond donors (Lipinski definition) is 1. The third kappa shape index (κ3) is 5.43. The van der Waals surface area contributed by atoms with E-state index in [4.69, 9.17) is 17.0 Å². The number of hydrogen-bond acceptors (Lipinski definition) is 7. The first-order valence-corrected chi connectivity index (χ1v) is 12.9. The van der Waals surface area contributed by atoms with E-state index in [-0.39, 0.29) is 11.8 Å². The number of benzene rings is 2. The van der Waals surface area contributed by atoms with Gasteiger partial charge >= 0.3 is 0 Å². The largest absolute Gasteiger partial charge is 0.479 e. The van der Waals surface area contributed by atoms with Crippen molar-refractivity contribution in [1.29, 1.82) is 0 Å². The number of likely N-dealkylation sites (N-methyl/N-ethyl adjacent to an activating group) is 1. The van der Waals surface area contributed by atoms with Gasteiger partial charge in [0.1, 0.15) is 10.1 Å². The Hall–Kier alpha value is -2.72. The number of nitrogens with zero attached hydrogens (tertiary/aromatic N) is 3. The van der Waals surface area contributed by atoms with Crippen LogP contribution in [0.15, 0.2) is 47.4 Å². The minimum absolute atomic E-state index is 0.0852. The summed E-state index contributed by atoms with van der Waals surface area (Å²) in [7, 11) is 2.16. The smallest absolute Gasteiger partial charge is 0.268 e. The van der Waals surface area contributed by atoms with Crippen molar-refractivity contribution in [2.75, 3.05) is 38.1 Å². The van der Waals surface area contributed by atoms with Gasteiger partial charge in [0.25, 0.3) is 11.8 Å². The van der Waals surface area contributed by atoms with Gasteiger partial charge in [-0.2, -0.15) is 0 Å². The van der Waals surface area contributed by atoms with Gasteiger partial charge in [0, 0.05) is 32.7 Å². The molecule has 0 aromatic heterocycles. The number of piperazine rings is 1. The van der Waals surface area contributed by atoms with Crippen molar-refractivity contribution in [1.82, 2.24) is 15.1 Å². The summed E-state index contributed by atoms with van der Waals surface area (Å²) in [5.41, 5.74) is 3.85. The minimum Gasteiger partial charge on any atom is -0.479 e. The first-order chi connectivity index (χ1) is 16.9. The Morgan fingerprint density at radius 1 is 1.06 bits per heavy atom. The molecule has 0 saturated carbocycles. The first-order valence-electron chi connectivity index (χ1n) is 11.7. The van der Waals surface area contributed by atoms with Crippen molar-refractivity contribution in [3.8, 4) is 5.75 Å². The van der Waals surface area contributed by atoms with Crippen LogP contribution in [0.1, 0.15) is 23.6 Å². The van der Waals surface area contributed by atoms with Crippen LogP contribution < -0.4 is 15.0 Å². The van der Waals surface area contributed by atoms with Crippen LogP contribution in [0.4, 0.5) is 5.69 Å². The summed E-state index contributed by atoms with van der Waals surface area (Å²) in [6, 6.07) is 14.1. The number of thioether (sulfide) groups is 1. The monoisotopic (exact) mass is 508 g/mol. The van der Waals surface area contributed by atoms with Crippen molar-refractivity contribution in [3.63, 3.8) is 0 Å². The van der Waals surface area contributed by atoms with E-state index in [2.05, 4.69) is 46.4 Å². The molecule has 3 aliphatic heterocycles. The van der Waals surface area contributed by atoms with E-state index in [0.717, 1.165) is 43.9 Å². The molecule has 3 aliphatic rings. The molecule has 1 N–H and O–H groups in total. The van der Waals surface area contributed by atoms with Crippen molar-refractivity contribution >= 4 is 51.9 Å². The zero-order valence-electron chi connectivity index (χ0n) is 19.8. The van der Waals surface area contributed by atoms with Crippen LogP contribution in [0.5, 0.6) is 5.75 Å². The standard InChI is InChI=1S/C26H28N4O3S2/c1-17-25(32)30(16-19-5-3-18(4-6-19)15-29-11-9-28(2)10-12-29)21-13-20(7-8-22(21)33-17)14-23-24(31)27-26(34)35-23/h3-8,13-14,17H,9-12,15-16H2,1-2H3,(H,27,31,34)/b23-14+. The number of nitrogens with one attached hydrogen (secondary N) is 1. The Balaban J connectivity index is 1.34. The molecule has 2 saturated heterocycles. The lowest BCUT2D eigenvalue weighted by Gasteiger charge is -2.33. The molecule has 3 heterocycles. The second-order valence-electron chi connectivity index (χ2n) is 9.16. The van der Waals surface area contributed by atoms with Gasteiger partial charge in [-0.05, 0) is 48.9 Å². The molecule has 0 aliphatic carbocycles. The molecule has 0 spiro atoms. The van der Waals surface area contributed by atoms with Gasteiger partial charge in [-0.25, -0.2) is 0 Å². The topological polar surface area (TPSA) is 65.1 Å². The van der Waals surface area contributed by atoms with Crippen molar-refractivity contribution < 1.29 is 14.3 Å². The number of carbonyl (C=O) groups is 2. The van der Waals surface area contributed by atoms with Crippen molar-refractivity contribution in [2.45, 2.75) is 26.1 Å². The van der Waals surface area contributed by atoms with E-state index >= 15 is 0 Å². The lowest BCUT2D eigenvalue weighted by molar-refractivity contribution is -0.125. The van der Waals surface area contributed by atoms with Gasteiger partial charge in [0.15, 0.2) is 6.10 Å². The Bertz CT molecular complexity index is 1190. The van der Waals surface area contributed by atoms with Crippen LogP contribution >= 0.6 is 24.0 Å². The second-order valence-corrected chi connectivity index (χ2v) is 10.9. The fraction of sp³-hybridized carbons (Fsp3) is 0.346. The van der Waals surface area contributed by atoms with Crippen LogP contribution in [0.25, 0.3) is 6.08 Å². The van der Waals surface area contributed by atoms with Crippen LogP contribution in [-0.4, -0.2) is 65.3 Å². The molecule has 182 valence electrons. The molecule has 7 nitrogen and oxygen atoms in total. The molecular weight excluding hydrogens is 480 g/mol. The van der Waals surface area contributed by atoms with Gasteiger partial charge in [0.2, 0.25) is 0 Å². The third-order valence-electron chi connectivity index (χ3n) is 6.50. The molecule has 0 radical (unpaired) electrons. The number of anilines is 1. The van der Waals surface area contributed by atoms with E-state index in [9.17, 15) is 9.59 Å². The normalized spacial score (nSPS) is 22.3. The molecule has 1 unspecified atom stereocenters. The summed E-state index contributed by atoms with van der Waals surface area (Å²) < 4.78 is 6.31. The van der Waals surface area contributed by atoms with Crippen LogP contribution in [0.3, 0.4) is 0 Å². The number of rotatable bonds is 5. The van der Waals surface area contributed by atoms with Gasteiger partial charge < -0.3 is 19.9 Å². The average Bonchev–Trinajstić information content (AvgIpc) is 3.16. The van der Waals surface area contributed by atoms with E-state index in [1.165, 1.54) is 17.3 Å². The van der Waals surface area contributed by atoms with E-state index in [0.29, 0.717) is 27.2 Å². The third-order valence-corrected chi connectivity index (χ3v) is 7.66. The zero-order valence-corrected chi connectivity index (χ0v) is 21.5. The Labute approximate surface area is 215 Å². The zero-order chi connectivity index (χ0) is 24.5. The van der Waals surface area contributed by atoms with Gasteiger partial charge in [-0.15, -0.1) is 0 Å². The molecule has 2 aromatic carbocycles. The maximum absolute atomic E-state index is 13.1. The highest BCUT2D eigenvalue weighted by molar-refractivity contribution is 8.26. The predicted octanol–water partition coefficient (Wildman–Crippen LogP) is 3.24. The van der Waals surface area contributed by atoms with Crippen molar-refractivity contribution in [3.05, 3.63) is 64.1 Å². The first kappa shape index (κ1) is 24.0. The molecule has 2 fully saturated rings. The number of thiocarbonyl (C=S) groups is 1. The fourth-order valence-electron chi connectivity index (χ4n) is 4.45. The van der Waals surface area contributed by atoms with Crippen LogP contribution in [-0.2, 0) is 22.7 Å². The van der Waals surface area contributed by atoms with Crippen LogP contribution in [0, 0.1) is 0 Å². The lowest BCUT2D eigenvalue weighted by atomic mass is 10.1. The lowest BCUT2D eigenvalue weighted by Crippen LogP contribution is -2.44. The molecule has 0 bridgehead atoms. The summed E-state index contributed by atoms with van der Waals surface area (Å²) >= 11 is 6.32. The molecule has 1 atom stereocenters. The number of fused-ring (bicyclic) bond motifs is 1. The summed E-state index contributed by atoms with van der Waals surface area (Å²) in [6.45, 7) is 7.53. The number of amides is 2. The summed E-state index contributed by atoms with van der Waals surface area (Å²) in [5, 5.41) is 2.63. The van der Waals surface area contributed by atoms with Gasteiger partial charge in [-0.3, -0.25) is 14.5 Å². The highest BCUT2D eigenvalue weighted by Crippen LogP contribution is 2.37. The van der Waals surface area contributed by atoms with Crippen LogP contribution in [0.2, 0.25) is 0 Å². The van der Waals surface area contributed by atoms with Gasteiger partial charge in [0.05, 0.1) is 17.1 Å². The van der Waals surface area contributed by atoms with E-state index in [1.807, 2.05) is 18.2 Å². The minimum atomic E-state index is -0.559. The molecule has 2 amide bonds. The Morgan fingerprint density at radius 2 is 1.74 bits per heavy atom. The molecule has 35 heavy (non-hydrogen) atoms. The van der Waals surface area contributed by atoms with E-state index < -0.39 is 6.10 Å². The Morgan fingerprint density at radius 3 is 2.40 bits per heavy atom. The fourth-order valence-corrected chi connectivity index (χ4v) is 5.49. The number of ether oxygens (including phenoxy) is 1. The quantitative estimate of drug-likeness (QED) is 0.491. The molecule has 2 aromatic rings. The highest BCUT2D eigenvalue weighted by atomic mass is 32.2. The van der Waals surface area contributed by atoms with Gasteiger partial charge in [-0.1, -0.05) is 54.3 Å². The summed E-state index contributed by atoms with van der Waals surface area (Å²) in [4.78, 5) is 32.3. The molecule has 5 rings (SSSR count). The summed E-state index contributed by atoms with van der Waals surface area (Å²) in [6.07, 6.45) is 1.23. The SMILES string of the molecule is CC1Oc2ccc(/C=C3/SC(=S)NC3=O)cc2N(Cc2ccc(CN3CCN(C)CC3)cc2)C1=O. The van der Waals surface area contributed by atoms with Crippen molar-refractivity contribution in [2.24, 2.45) is 0 Å². The second kappa shape index (κ2) is 10.1. The maximum Gasteiger partial charge on any atom is 0.268 e. The molecule has 9 heteroatoms. The summed E-state index contributed by atoms with van der Waals surface area (Å²) in [5.74, 6) is 0.371. The maximum atomic E-state index is 13.1. The average molecular weight is 509 g/mol. The predicted molar refractivity (Wildman–Crippen MR) is 143 cm³/mol.